The van der Waals surface area contributed by atoms with E-state index in [0.717, 1.165) is 26.9 Å². The second kappa shape index (κ2) is 6.43. The van der Waals surface area contributed by atoms with Gasteiger partial charge in [0.25, 0.3) is 0 Å². The highest BCUT2D eigenvalue weighted by Crippen LogP contribution is 2.36. The van der Waals surface area contributed by atoms with Crippen molar-refractivity contribution in [3.05, 3.63) is 50.7 Å². The van der Waals surface area contributed by atoms with Gasteiger partial charge in [-0.15, -0.1) is 11.3 Å². The number of sulfonamides is 1. The van der Waals surface area contributed by atoms with Crippen molar-refractivity contribution in [3.8, 4) is 0 Å². The first kappa shape index (κ1) is 18.3. The van der Waals surface area contributed by atoms with E-state index in [1.807, 2.05) is 18.4 Å². The molecule has 0 spiro atoms. The molecule has 1 heterocycles. The highest BCUT2D eigenvalue weighted by Gasteiger charge is 2.35. The molecule has 0 N–H and O–H groups in total. The minimum absolute atomic E-state index is 0.0931. The Bertz CT molecular complexity index is 816. The van der Waals surface area contributed by atoms with Crippen LogP contribution in [0.5, 0.6) is 0 Å². The van der Waals surface area contributed by atoms with Crippen molar-refractivity contribution in [2.75, 3.05) is 7.05 Å². The molecule has 0 bridgehead atoms. The maximum atomic E-state index is 12.9. The summed E-state index contributed by atoms with van der Waals surface area (Å²) in [5.74, 6) is 0. The molecule has 1 aromatic heterocycles. The largest absolute Gasteiger partial charge is 0.417 e. The van der Waals surface area contributed by atoms with Crippen molar-refractivity contribution in [3.63, 3.8) is 0 Å². The standard InChI is InChI=1S/C14H13ClF3NO2S2/c1-9-5-6-22-13(9)8-19(2)23(20,21)10-3-4-12(15)11(7-10)14(16,17)18/h3-7H,8H2,1-2H3. The van der Waals surface area contributed by atoms with Gasteiger partial charge in [-0.3, -0.25) is 0 Å². The highest BCUT2D eigenvalue weighted by molar-refractivity contribution is 7.89. The van der Waals surface area contributed by atoms with Crippen molar-refractivity contribution in [2.45, 2.75) is 24.5 Å². The van der Waals surface area contributed by atoms with Crippen LogP contribution in [0.25, 0.3) is 0 Å². The van der Waals surface area contributed by atoms with Crippen molar-refractivity contribution in [2.24, 2.45) is 0 Å². The van der Waals surface area contributed by atoms with E-state index in [1.165, 1.54) is 18.4 Å². The van der Waals surface area contributed by atoms with E-state index >= 15 is 0 Å². The Morgan fingerprint density at radius 3 is 2.43 bits per heavy atom. The Balaban J connectivity index is 2.38. The molecular formula is C14H13ClF3NO2S2. The molecule has 0 aliphatic rings. The summed E-state index contributed by atoms with van der Waals surface area (Å²) in [4.78, 5) is 0.395. The van der Waals surface area contributed by atoms with Crippen molar-refractivity contribution in [1.82, 2.24) is 4.31 Å². The number of aryl methyl sites for hydroxylation is 1. The van der Waals surface area contributed by atoms with Gasteiger partial charge in [-0.1, -0.05) is 11.6 Å². The maximum Gasteiger partial charge on any atom is 0.417 e. The molecule has 0 saturated carbocycles. The molecule has 0 aliphatic heterocycles. The molecule has 9 heteroatoms. The second-order valence-electron chi connectivity index (χ2n) is 4.93. The molecule has 2 aromatic rings. The minimum atomic E-state index is -4.72. The Morgan fingerprint density at radius 2 is 1.91 bits per heavy atom. The lowest BCUT2D eigenvalue weighted by Crippen LogP contribution is -2.26. The van der Waals surface area contributed by atoms with Gasteiger partial charge in [0.05, 0.1) is 15.5 Å². The zero-order valence-electron chi connectivity index (χ0n) is 12.2. The van der Waals surface area contributed by atoms with Gasteiger partial charge in [0.15, 0.2) is 0 Å². The number of hydrogen-bond acceptors (Lipinski definition) is 3. The molecule has 3 nitrogen and oxygen atoms in total. The van der Waals surface area contributed by atoms with Crippen molar-refractivity contribution in [1.29, 1.82) is 0 Å². The van der Waals surface area contributed by atoms with Gasteiger partial charge in [0, 0.05) is 18.5 Å². The monoisotopic (exact) mass is 383 g/mol. The van der Waals surface area contributed by atoms with Crippen LogP contribution in [-0.4, -0.2) is 19.8 Å². The highest BCUT2D eigenvalue weighted by atomic mass is 35.5. The van der Waals surface area contributed by atoms with E-state index in [4.69, 9.17) is 11.6 Å². The van der Waals surface area contributed by atoms with E-state index in [2.05, 4.69) is 0 Å². The molecule has 2 rings (SSSR count). The van der Waals surface area contributed by atoms with E-state index in [9.17, 15) is 21.6 Å². The summed E-state index contributed by atoms with van der Waals surface area (Å²) in [6.45, 7) is 1.94. The number of alkyl halides is 3. The van der Waals surface area contributed by atoms with Gasteiger partial charge in [-0.05, 0) is 42.1 Å². The van der Waals surface area contributed by atoms with Crippen LogP contribution < -0.4 is 0 Å². The number of nitrogens with zero attached hydrogens (tertiary/aromatic N) is 1. The third-order valence-electron chi connectivity index (χ3n) is 3.29. The van der Waals surface area contributed by atoms with Crippen molar-refractivity contribution < 1.29 is 21.6 Å². The predicted octanol–water partition coefficient (Wildman–Crippen LogP) is 4.55. The molecule has 0 radical (unpaired) electrons. The van der Waals surface area contributed by atoms with Crippen LogP contribution in [0.4, 0.5) is 13.2 Å². The van der Waals surface area contributed by atoms with Crippen LogP contribution >= 0.6 is 22.9 Å². The number of thiophene rings is 1. The molecular weight excluding hydrogens is 371 g/mol. The predicted molar refractivity (Wildman–Crippen MR) is 84.2 cm³/mol. The van der Waals surface area contributed by atoms with E-state index in [-0.39, 0.29) is 6.54 Å². The average molecular weight is 384 g/mol. The second-order valence-corrected chi connectivity index (χ2v) is 8.38. The summed E-state index contributed by atoms with van der Waals surface area (Å²) >= 11 is 6.91. The Labute approximate surface area is 141 Å². The Morgan fingerprint density at radius 1 is 1.26 bits per heavy atom. The molecule has 0 fully saturated rings. The first-order valence-corrected chi connectivity index (χ1v) is 9.09. The SMILES string of the molecule is Cc1ccsc1CN(C)S(=O)(=O)c1ccc(Cl)c(C(F)(F)F)c1. The molecule has 1 aromatic carbocycles. The molecule has 23 heavy (non-hydrogen) atoms. The fourth-order valence-electron chi connectivity index (χ4n) is 1.92. The van der Waals surface area contributed by atoms with Gasteiger partial charge in [-0.2, -0.15) is 17.5 Å². The lowest BCUT2D eigenvalue weighted by Gasteiger charge is -2.18. The van der Waals surface area contributed by atoms with Crippen LogP contribution in [0.1, 0.15) is 16.0 Å². The molecule has 0 aliphatic carbocycles. The third-order valence-corrected chi connectivity index (χ3v) is 6.42. The van der Waals surface area contributed by atoms with E-state index in [1.54, 1.807) is 0 Å². The first-order chi connectivity index (χ1) is 10.5. The molecule has 0 amide bonds. The summed E-state index contributed by atoms with van der Waals surface area (Å²) in [6.07, 6.45) is -4.72. The quantitative estimate of drug-likeness (QED) is 0.776. The lowest BCUT2D eigenvalue weighted by atomic mass is 10.2. The Kier molecular flexibility index (Phi) is 5.10. The fraction of sp³-hybridized carbons (Fsp3) is 0.286. The number of halogens is 4. The van der Waals surface area contributed by atoms with Gasteiger partial charge < -0.3 is 0 Å². The van der Waals surface area contributed by atoms with Gasteiger partial charge >= 0.3 is 6.18 Å². The lowest BCUT2D eigenvalue weighted by molar-refractivity contribution is -0.137. The number of hydrogen-bond donors (Lipinski definition) is 0. The maximum absolute atomic E-state index is 12.9. The normalized spacial score (nSPS) is 12.8. The van der Waals surface area contributed by atoms with Crippen LogP contribution in [0.2, 0.25) is 5.02 Å². The summed E-state index contributed by atoms with van der Waals surface area (Å²) < 4.78 is 64.6. The van der Waals surface area contributed by atoms with E-state index < -0.39 is 31.7 Å². The van der Waals surface area contributed by atoms with Gasteiger partial charge in [-0.25, -0.2) is 8.42 Å². The molecule has 0 saturated heterocycles. The fourth-order valence-corrected chi connectivity index (χ4v) is 4.35. The minimum Gasteiger partial charge on any atom is -0.207 e. The molecule has 126 valence electrons. The van der Waals surface area contributed by atoms with Crippen LogP contribution in [0, 0.1) is 6.92 Å². The van der Waals surface area contributed by atoms with Crippen LogP contribution in [0.15, 0.2) is 34.5 Å². The summed E-state index contributed by atoms with van der Waals surface area (Å²) in [6, 6.07) is 4.44. The van der Waals surface area contributed by atoms with Crippen LogP contribution in [-0.2, 0) is 22.7 Å². The van der Waals surface area contributed by atoms with E-state index in [0.29, 0.717) is 6.07 Å². The summed E-state index contributed by atoms with van der Waals surface area (Å²) in [5.41, 5.74) is -0.231. The summed E-state index contributed by atoms with van der Waals surface area (Å²) in [7, 11) is -2.72. The van der Waals surface area contributed by atoms with Gasteiger partial charge in [0.2, 0.25) is 10.0 Å². The first-order valence-electron chi connectivity index (χ1n) is 6.39. The van der Waals surface area contributed by atoms with Crippen molar-refractivity contribution >= 4 is 33.0 Å². The Hall–Kier alpha value is -1.09. The van der Waals surface area contributed by atoms with Gasteiger partial charge in [0.1, 0.15) is 0 Å². The zero-order valence-corrected chi connectivity index (χ0v) is 14.6. The third kappa shape index (κ3) is 3.88. The molecule has 0 atom stereocenters. The van der Waals surface area contributed by atoms with Crippen LogP contribution in [0.3, 0.4) is 0 Å². The zero-order chi connectivity index (χ0) is 17.4. The molecule has 0 unspecified atom stereocenters. The number of rotatable bonds is 4. The summed E-state index contributed by atoms with van der Waals surface area (Å²) in [5, 5.41) is 1.29. The smallest absolute Gasteiger partial charge is 0.207 e. The average Bonchev–Trinajstić information content (AvgIpc) is 2.83. The topological polar surface area (TPSA) is 37.4 Å². The number of benzene rings is 1.